The Labute approximate surface area is 230 Å². The van der Waals surface area contributed by atoms with Gasteiger partial charge in [-0.3, -0.25) is 0 Å². The van der Waals surface area contributed by atoms with Crippen molar-refractivity contribution in [3.05, 3.63) is 35.9 Å². The minimum absolute atomic E-state index is 0.211. The molecule has 1 spiro atoms. The smallest absolute Gasteiger partial charge is 0.192 e. The number of fused-ring (bicyclic) bond motifs is 1. The summed E-state index contributed by atoms with van der Waals surface area (Å²) >= 11 is 3.66. The molecule has 1 heterocycles. The van der Waals surface area contributed by atoms with Gasteiger partial charge >= 0.3 is 0 Å². The van der Waals surface area contributed by atoms with Gasteiger partial charge in [0.05, 0.1) is 22.4 Å². The Morgan fingerprint density at radius 3 is 1.94 bits per heavy atom. The fraction of sp³-hybridized carbons (Fsp3) is 0.690. The lowest BCUT2D eigenvalue weighted by Gasteiger charge is -2.49. The number of rotatable bonds is 7. The number of para-hydroxylation sites is 1. The summed E-state index contributed by atoms with van der Waals surface area (Å²) < 4.78 is 16.8. The first-order chi connectivity index (χ1) is 16.5. The topological polar surface area (TPSA) is 31.4 Å². The van der Waals surface area contributed by atoms with Gasteiger partial charge in [-0.25, -0.2) is 4.98 Å². The first kappa shape index (κ1) is 28.6. The van der Waals surface area contributed by atoms with Gasteiger partial charge in [-0.1, -0.05) is 77.1 Å². The number of aromatic nitrogens is 1. The summed E-state index contributed by atoms with van der Waals surface area (Å²) in [6.45, 7) is 23.8. The second-order valence-electron chi connectivity index (χ2n) is 14.0. The van der Waals surface area contributed by atoms with Gasteiger partial charge in [0.2, 0.25) is 0 Å². The molecular weight excluding hydrogens is 515 g/mol. The highest BCUT2D eigenvalue weighted by Gasteiger charge is 2.61. The standard InChI is InChI=1S/C29H47NO2S2Si2/c1-27(2,3)35(7,8)31-24-19-21(15-18-33-26-30-22-13-11-12-14-23(22)34-26)20-25(29(24)16-17-29)32-36(9,10)28(4,5)6/h11-15,24-25H,16-20H2,1-10H3. The van der Waals surface area contributed by atoms with Crippen molar-refractivity contribution >= 4 is 50.0 Å². The van der Waals surface area contributed by atoms with Crippen LogP contribution < -0.4 is 0 Å². The van der Waals surface area contributed by atoms with E-state index in [4.69, 9.17) is 13.8 Å². The van der Waals surface area contributed by atoms with Crippen LogP contribution in [0.4, 0.5) is 0 Å². The zero-order chi connectivity index (χ0) is 26.6. The molecule has 2 atom stereocenters. The van der Waals surface area contributed by atoms with E-state index in [1.54, 1.807) is 11.3 Å². The van der Waals surface area contributed by atoms with E-state index >= 15 is 0 Å². The van der Waals surface area contributed by atoms with Crippen molar-refractivity contribution in [3.8, 4) is 0 Å². The highest BCUT2D eigenvalue weighted by molar-refractivity contribution is 8.01. The molecule has 1 aromatic carbocycles. The zero-order valence-electron chi connectivity index (χ0n) is 24.2. The van der Waals surface area contributed by atoms with Crippen molar-refractivity contribution in [2.75, 3.05) is 5.75 Å². The molecule has 2 aliphatic carbocycles. The molecule has 4 rings (SSSR count). The van der Waals surface area contributed by atoms with Crippen LogP contribution in [0.3, 0.4) is 0 Å². The van der Waals surface area contributed by atoms with Crippen molar-refractivity contribution < 1.29 is 8.85 Å². The van der Waals surface area contributed by atoms with Crippen molar-refractivity contribution in [1.29, 1.82) is 0 Å². The van der Waals surface area contributed by atoms with Crippen LogP contribution in [0.2, 0.25) is 36.3 Å². The Balaban J connectivity index is 1.56. The third kappa shape index (κ3) is 5.91. The van der Waals surface area contributed by atoms with Crippen LogP contribution >= 0.6 is 23.1 Å². The lowest BCUT2D eigenvalue weighted by molar-refractivity contribution is -0.00944. The Morgan fingerprint density at radius 2 is 1.47 bits per heavy atom. The number of benzene rings is 1. The third-order valence-corrected chi connectivity index (χ3v) is 20.4. The molecule has 0 aliphatic heterocycles. The maximum atomic E-state index is 7.20. The quantitative estimate of drug-likeness (QED) is 0.191. The van der Waals surface area contributed by atoms with Crippen LogP contribution in [-0.4, -0.2) is 39.6 Å². The summed E-state index contributed by atoms with van der Waals surface area (Å²) in [5.74, 6) is 0.960. The second kappa shape index (κ2) is 9.94. The number of thiazole rings is 1. The predicted octanol–water partition coefficient (Wildman–Crippen LogP) is 9.67. The molecule has 3 nitrogen and oxygen atoms in total. The Kier molecular flexibility index (Phi) is 7.89. The summed E-state index contributed by atoms with van der Waals surface area (Å²) in [5.41, 5.74) is 2.84. The minimum Gasteiger partial charge on any atom is -0.413 e. The molecule has 0 radical (unpaired) electrons. The van der Waals surface area contributed by atoms with E-state index in [1.807, 2.05) is 11.8 Å². The van der Waals surface area contributed by atoms with Gasteiger partial charge in [0.1, 0.15) is 0 Å². The van der Waals surface area contributed by atoms with E-state index in [-0.39, 0.29) is 27.7 Å². The number of thioether (sulfide) groups is 1. The summed E-state index contributed by atoms with van der Waals surface area (Å²) in [7, 11) is -3.77. The summed E-state index contributed by atoms with van der Waals surface area (Å²) in [6.07, 6.45) is 7.64. The van der Waals surface area contributed by atoms with Gasteiger partial charge in [-0.05, 0) is 74.1 Å². The SMILES string of the molecule is CC(C)(C)[Si](C)(C)OC1CC(=CCSc2nc3ccccc3s2)CC(O[Si](C)(C)C(C)(C)C)C12CC2. The molecule has 1 aromatic heterocycles. The van der Waals surface area contributed by atoms with E-state index in [0.717, 1.165) is 28.5 Å². The number of hydrogen-bond donors (Lipinski definition) is 0. The molecule has 7 heteroatoms. The van der Waals surface area contributed by atoms with Gasteiger partial charge in [0.15, 0.2) is 21.0 Å². The molecule has 0 amide bonds. The molecule has 2 unspecified atom stereocenters. The molecule has 0 bridgehead atoms. The summed E-state index contributed by atoms with van der Waals surface area (Å²) in [5, 5.41) is 0.422. The highest BCUT2D eigenvalue weighted by Crippen LogP contribution is 2.61. The number of hydrogen-bond acceptors (Lipinski definition) is 5. The molecule has 2 saturated carbocycles. The van der Waals surface area contributed by atoms with E-state index in [9.17, 15) is 0 Å². The fourth-order valence-electron chi connectivity index (χ4n) is 4.65. The van der Waals surface area contributed by atoms with E-state index in [2.05, 4.69) is 98.1 Å². The van der Waals surface area contributed by atoms with Gasteiger partial charge in [-0.2, -0.15) is 0 Å². The molecular formula is C29H47NO2S2Si2. The van der Waals surface area contributed by atoms with Crippen LogP contribution in [-0.2, 0) is 8.85 Å². The van der Waals surface area contributed by atoms with Crippen LogP contribution in [0.1, 0.15) is 67.2 Å². The van der Waals surface area contributed by atoms with Crippen LogP contribution in [0.15, 0.2) is 40.3 Å². The second-order valence-corrected chi connectivity index (χ2v) is 25.8. The molecule has 200 valence electrons. The van der Waals surface area contributed by atoms with Gasteiger partial charge in [0.25, 0.3) is 0 Å². The summed E-state index contributed by atoms with van der Waals surface area (Å²) in [4.78, 5) is 4.82. The lowest BCUT2D eigenvalue weighted by Crippen LogP contribution is -2.54. The molecule has 36 heavy (non-hydrogen) atoms. The van der Waals surface area contributed by atoms with Gasteiger partial charge in [0, 0.05) is 11.2 Å². The minimum atomic E-state index is -1.88. The molecule has 2 aliphatic rings. The molecule has 2 fully saturated rings. The van der Waals surface area contributed by atoms with E-state index in [0.29, 0.717) is 0 Å². The van der Waals surface area contributed by atoms with Crippen molar-refractivity contribution in [2.24, 2.45) is 5.41 Å². The Morgan fingerprint density at radius 1 is 0.944 bits per heavy atom. The molecule has 0 saturated heterocycles. The normalized spacial score (nSPS) is 22.9. The Hall–Kier alpha value is -0.446. The fourth-order valence-corrected chi connectivity index (χ4v) is 9.45. The Bertz CT molecular complexity index is 1030. The van der Waals surface area contributed by atoms with Crippen molar-refractivity contribution in [3.63, 3.8) is 0 Å². The van der Waals surface area contributed by atoms with Gasteiger partial charge < -0.3 is 8.85 Å². The number of nitrogens with zero attached hydrogens (tertiary/aromatic N) is 1. The predicted molar refractivity (Wildman–Crippen MR) is 163 cm³/mol. The monoisotopic (exact) mass is 561 g/mol. The third-order valence-electron chi connectivity index (χ3n) is 9.34. The van der Waals surface area contributed by atoms with Crippen LogP contribution in [0, 0.1) is 5.41 Å². The average molecular weight is 562 g/mol. The van der Waals surface area contributed by atoms with Crippen molar-refractivity contribution in [2.45, 2.75) is 120 Å². The van der Waals surface area contributed by atoms with Gasteiger partial charge in [-0.15, -0.1) is 11.3 Å². The maximum Gasteiger partial charge on any atom is 0.192 e. The highest BCUT2D eigenvalue weighted by atomic mass is 32.2. The average Bonchev–Trinajstić information content (AvgIpc) is 3.42. The van der Waals surface area contributed by atoms with E-state index in [1.165, 1.54) is 23.1 Å². The van der Waals surface area contributed by atoms with E-state index < -0.39 is 16.6 Å². The largest absolute Gasteiger partial charge is 0.413 e. The lowest BCUT2D eigenvalue weighted by atomic mass is 9.78. The maximum absolute atomic E-state index is 7.20. The first-order valence-corrected chi connectivity index (χ1v) is 21.2. The molecule has 2 aromatic rings. The first-order valence-electron chi connectivity index (χ1n) is 13.6. The van der Waals surface area contributed by atoms with Crippen molar-refractivity contribution in [1.82, 2.24) is 4.98 Å². The molecule has 0 N–H and O–H groups in total. The zero-order valence-corrected chi connectivity index (χ0v) is 27.8. The van der Waals surface area contributed by atoms with Crippen LogP contribution in [0.5, 0.6) is 0 Å². The summed E-state index contributed by atoms with van der Waals surface area (Å²) in [6, 6.07) is 8.44. The van der Waals surface area contributed by atoms with Crippen LogP contribution in [0.25, 0.3) is 10.2 Å².